The number of aldehydes is 1. The van der Waals surface area contributed by atoms with Crippen LogP contribution in [0.1, 0.15) is 78.6 Å². The number of carbonyl (C=O) groups excluding carboxylic acids is 2. The minimum atomic E-state index is -1.62. The third-order valence-electron chi connectivity index (χ3n) is 14.7. The van der Waals surface area contributed by atoms with Crippen molar-refractivity contribution < 1.29 is 34.8 Å². The quantitative estimate of drug-likeness (QED) is 0.108. The van der Waals surface area contributed by atoms with Gasteiger partial charge < -0.3 is 40.6 Å². The molecule has 0 aromatic rings. The molecule has 0 saturated heterocycles. The highest BCUT2D eigenvalue weighted by molar-refractivity contribution is 5.87. The largest absolute Gasteiger partial charge is 0.450 e. The lowest BCUT2D eigenvalue weighted by Crippen LogP contribution is -2.80. The summed E-state index contributed by atoms with van der Waals surface area (Å²) in [6.07, 6.45) is 7.99. The van der Waals surface area contributed by atoms with Crippen LogP contribution in [0.4, 0.5) is 0 Å². The maximum atomic E-state index is 13.6. The van der Waals surface area contributed by atoms with Crippen LogP contribution < -0.4 is 10.6 Å². The summed E-state index contributed by atoms with van der Waals surface area (Å²) >= 11 is 0. The van der Waals surface area contributed by atoms with Gasteiger partial charge in [0.2, 0.25) is 0 Å². The van der Waals surface area contributed by atoms with Crippen LogP contribution in [0.5, 0.6) is 0 Å². The van der Waals surface area contributed by atoms with E-state index in [0.29, 0.717) is 57.4 Å². The third-order valence-corrected chi connectivity index (χ3v) is 14.7. The van der Waals surface area contributed by atoms with Crippen molar-refractivity contribution >= 4 is 12.3 Å². The van der Waals surface area contributed by atoms with E-state index in [1.54, 1.807) is 6.08 Å². The maximum absolute atomic E-state index is 13.6. The van der Waals surface area contributed by atoms with Crippen LogP contribution >= 0.6 is 0 Å². The molecule has 1 aliphatic heterocycles. The molecule has 13 unspecified atom stereocenters. The van der Waals surface area contributed by atoms with Gasteiger partial charge in [0, 0.05) is 43.0 Å². The van der Waals surface area contributed by atoms with Crippen molar-refractivity contribution in [2.75, 3.05) is 26.7 Å². The number of fused-ring (bicyclic) bond motifs is 8. The molecule has 0 spiro atoms. The Bertz CT molecular complexity index is 1300. The fourth-order valence-corrected chi connectivity index (χ4v) is 12.6. The lowest BCUT2D eigenvalue weighted by atomic mass is 9.36. The predicted molar refractivity (Wildman–Crippen MR) is 168 cm³/mol. The van der Waals surface area contributed by atoms with Gasteiger partial charge in [-0.1, -0.05) is 26.8 Å². The number of esters is 1. The zero-order valence-electron chi connectivity index (χ0n) is 27.4. The summed E-state index contributed by atoms with van der Waals surface area (Å²) in [6.45, 7) is 8.57. The lowest BCUT2D eigenvalue weighted by Gasteiger charge is -2.71. The Morgan fingerprint density at radius 2 is 1.87 bits per heavy atom. The van der Waals surface area contributed by atoms with Crippen molar-refractivity contribution in [3.8, 4) is 0 Å². The molecule has 5 fully saturated rings. The van der Waals surface area contributed by atoms with Crippen LogP contribution in [-0.2, 0) is 14.3 Å². The van der Waals surface area contributed by atoms with E-state index in [0.717, 1.165) is 36.9 Å². The second kappa shape index (κ2) is 10.7. The van der Waals surface area contributed by atoms with Crippen molar-refractivity contribution in [1.82, 2.24) is 10.6 Å². The summed E-state index contributed by atoms with van der Waals surface area (Å²) < 4.78 is 5.86. The highest BCUT2D eigenvalue weighted by atomic mass is 16.5. The molecule has 0 aromatic carbocycles. The maximum Gasteiger partial charge on any atom is 0.331 e. The number of aliphatic hydroxyl groups is 4. The van der Waals surface area contributed by atoms with Gasteiger partial charge in [0.05, 0.1) is 22.7 Å². The van der Waals surface area contributed by atoms with Gasteiger partial charge in [-0.25, -0.2) is 4.79 Å². The molecule has 9 heteroatoms. The Labute approximate surface area is 267 Å². The van der Waals surface area contributed by atoms with Gasteiger partial charge in [0.15, 0.2) is 0 Å². The van der Waals surface area contributed by atoms with Crippen molar-refractivity contribution in [3.05, 3.63) is 23.3 Å². The molecule has 250 valence electrons. The second-order valence-corrected chi connectivity index (χ2v) is 16.5. The topological polar surface area (TPSA) is 148 Å². The number of likely N-dealkylation sites (N-methyl/N-ethyl adjacent to an activating group) is 1. The van der Waals surface area contributed by atoms with Gasteiger partial charge in [0.25, 0.3) is 0 Å². The van der Waals surface area contributed by atoms with Crippen molar-refractivity contribution in [3.63, 3.8) is 0 Å². The molecule has 7 aliphatic rings. The minimum Gasteiger partial charge on any atom is -0.450 e. The monoisotopic (exact) mass is 626 g/mol. The number of hydrogen-bond acceptors (Lipinski definition) is 9. The van der Waals surface area contributed by atoms with Crippen LogP contribution in [0.25, 0.3) is 0 Å². The van der Waals surface area contributed by atoms with Crippen LogP contribution in [-0.4, -0.2) is 88.4 Å². The first-order valence-corrected chi connectivity index (χ1v) is 17.6. The molecule has 7 rings (SSSR count). The van der Waals surface area contributed by atoms with Gasteiger partial charge in [-0.2, -0.15) is 0 Å². The highest BCUT2D eigenvalue weighted by Crippen LogP contribution is 2.76. The van der Waals surface area contributed by atoms with Gasteiger partial charge in [0.1, 0.15) is 18.0 Å². The molecule has 6 aliphatic carbocycles. The van der Waals surface area contributed by atoms with Gasteiger partial charge in [-0.3, -0.25) is 0 Å². The Balaban J connectivity index is 1.33. The average Bonchev–Trinajstić information content (AvgIpc) is 3.43. The highest BCUT2D eigenvalue weighted by Gasteiger charge is 2.81. The Hall–Kier alpha value is -1.62. The molecule has 5 saturated carbocycles. The summed E-state index contributed by atoms with van der Waals surface area (Å²) in [6, 6.07) is 0. The molecular weight excluding hydrogens is 572 g/mol. The molecular formula is C36H54N2O7. The molecule has 0 bridgehead atoms. The van der Waals surface area contributed by atoms with Crippen LogP contribution in [0.2, 0.25) is 0 Å². The van der Waals surface area contributed by atoms with Crippen molar-refractivity contribution in [2.24, 2.45) is 52.3 Å². The van der Waals surface area contributed by atoms with Crippen LogP contribution in [0, 0.1) is 52.3 Å². The van der Waals surface area contributed by atoms with E-state index in [1.165, 1.54) is 0 Å². The molecule has 45 heavy (non-hydrogen) atoms. The first-order valence-electron chi connectivity index (χ1n) is 17.6. The van der Waals surface area contributed by atoms with Gasteiger partial charge in [-0.05, 0) is 106 Å². The van der Waals surface area contributed by atoms with E-state index in [2.05, 4.69) is 37.5 Å². The summed E-state index contributed by atoms with van der Waals surface area (Å²) in [4.78, 5) is 26.3. The van der Waals surface area contributed by atoms with E-state index in [4.69, 9.17) is 4.74 Å². The molecule has 0 radical (unpaired) electrons. The number of hydrogen-bond donors (Lipinski definition) is 6. The second-order valence-electron chi connectivity index (χ2n) is 16.5. The van der Waals surface area contributed by atoms with E-state index < -0.39 is 57.6 Å². The molecule has 13 atom stereocenters. The van der Waals surface area contributed by atoms with E-state index >= 15 is 0 Å². The van der Waals surface area contributed by atoms with Crippen molar-refractivity contribution in [2.45, 2.75) is 108 Å². The van der Waals surface area contributed by atoms with Crippen LogP contribution in [0.3, 0.4) is 0 Å². The van der Waals surface area contributed by atoms with Gasteiger partial charge in [-0.15, -0.1) is 0 Å². The lowest BCUT2D eigenvalue weighted by molar-refractivity contribution is -0.341. The average molecular weight is 627 g/mol. The molecule has 6 N–H and O–H groups in total. The molecule has 1 heterocycles. The summed E-state index contributed by atoms with van der Waals surface area (Å²) in [5, 5.41) is 57.4. The SMILES string of the molecule is CNCCNCC1=CC2CC3(O)C(C)(CCC4C3(O)CC3CC(C(C)C)CCC5C(O)CCC4(C=O)C35O)C2C2=CC(=O)OC12. The number of rotatable bonds is 7. The third kappa shape index (κ3) is 4.00. The van der Waals surface area contributed by atoms with E-state index in [9.17, 15) is 30.0 Å². The predicted octanol–water partition coefficient (Wildman–Crippen LogP) is 2.27. The standard InChI is InChI=1S/C36H54N2O7/c1-20(2)21-5-6-26-27(40)7-10-33(19-39)28-8-9-32(3)30-22(16-35(32,43)34(28,42)17-24(14-21)36(26,33)44)13-23(18-38-12-11-37-4)31-25(30)15-29(41)45-31/h13,15,19-22,24,26-28,30-31,37-38,40,42-44H,5-12,14,16-18H2,1-4H3. The first-order chi connectivity index (χ1) is 21.3. The molecule has 0 amide bonds. The number of carbonyl (C=O) groups is 2. The molecule has 0 aromatic heterocycles. The fourth-order valence-electron chi connectivity index (χ4n) is 12.6. The van der Waals surface area contributed by atoms with Gasteiger partial charge >= 0.3 is 5.97 Å². The Morgan fingerprint density at radius 3 is 2.58 bits per heavy atom. The Morgan fingerprint density at radius 1 is 1.09 bits per heavy atom. The number of nitrogens with one attached hydrogen (secondary N) is 2. The Kier molecular flexibility index (Phi) is 7.59. The van der Waals surface area contributed by atoms with E-state index in [-0.39, 0.29) is 30.1 Å². The van der Waals surface area contributed by atoms with E-state index in [1.807, 2.05) is 7.05 Å². The summed E-state index contributed by atoms with van der Waals surface area (Å²) in [5.41, 5.74) is -4.75. The van der Waals surface area contributed by atoms with Crippen molar-refractivity contribution in [1.29, 1.82) is 0 Å². The normalized spacial score (nSPS) is 51.5. The number of ether oxygens (including phenoxy) is 1. The zero-order valence-corrected chi connectivity index (χ0v) is 27.4. The smallest absolute Gasteiger partial charge is 0.331 e. The minimum absolute atomic E-state index is 0.104. The summed E-state index contributed by atoms with van der Waals surface area (Å²) in [7, 11) is 1.90. The summed E-state index contributed by atoms with van der Waals surface area (Å²) in [5.74, 6) is -1.52. The number of allylic oxidation sites excluding steroid dienone is 1. The fraction of sp³-hybridized carbons (Fsp3) is 0.833. The molecule has 9 nitrogen and oxygen atoms in total. The van der Waals surface area contributed by atoms with Crippen LogP contribution in [0.15, 0.2) is 23.3 Å². The first kappa shape index (κ1) is 32.0. The zero-order chi connectivity index (χ0) is 32.2. The number of aliphatic hydroxyl groups excluding tert-OH is 1.